The maximum atomic E-state index is 3.00. The fourth-order valence-electron chi connectivity index (χ4n) is 2.13. The zero-order valence-corrected chi connectivity index (χ0v) is 10.8. The van der Waals surface area contributed by atoms with Crippen LogP contribution in [0.2, 0.25) is 0 Å². The molecule has 2 aromatic rings. The summed E-state index contributed by atoms with van der Waals surface area (Å²) in [6.45, 7) is 6.96. The minimum atomic E-state index is 1.13. The molecule has 0 spiro atoms. The number of benzene rings is 2. The lowest BCUT2D eigenvalue weighted by atomic mass is 9.96. The van der Waals surface area contributed by atoms with Gasteiger partial charge in [-0.2, -0.15) is 0 Å². The van der Waals surface area contributed by atoms with Gasteiger partial charge in [0.05, 0.1) is 0 Å². The molecule has 1 heteroatoms. The van der Waals surface area contributed by atoms with Crippen LogP contribution in [0.3, 0.4) is 0 Å². The van der Waals surface area contributed by atoms with Crippen molar-refractivity contribution in [2.75, 3.05) is 13.1 Å². The van der Waals surface area contributed by atoms with E-state index in [1.54, 1.807) is 0 Å². The predicted molar refractivity (Wildman–Crippen MR) is 75.6 cm³/mol. The van der Waals surface area contributed by atoms with E-state index in [4.69, 9.17) is 0 Å². The lowest BCUT2D eigenvalue weighted by Crippen LogP contribution is -1.92. The van der Waals surface area contributed by atoms with Gasteiger partial charge >= 0.3 is 0 Å². The van der Waals surface area contributed by atoms with Crippen molar-refractivity contribution in [2.45, 2.75) is 26.7 Å². The highest BCUT2D eigenvalue weighted by Gasteiger charge is 2.03. The van der Waals surface area contributed by atoms with Crippen LogP contribution < -0.4 is 5.32 Å². The first-order valence-electron chi connectivity index (χ1n) is 6.57. The molecule has 0 saturated carbocycles. The van der Waals surface area contributed by atoms with E-state index in [0.29, 0.717) is 0 Å². The van der Waals surface area contributed by atoms with E-state index < -0.39 is 0 Å². The van der Waals surface area contributed by atoms with E-state index in [0.717, 1.165) is 12.8 Å². The number of aryl methyl sites for hydroxylation is 2. The molecule has 3 rings (SSSR count). The average molecular weight is 227 g/mol. The van der Waals surface area contributed by atoms with E-state index in [1.165, 1.54) is 35.0 Å². The van der Waals surface area contributed by atoms with Crippen molar-refractivity contribution in [3.05, 3.63) is 47.5 Å². The van der Waals surface area contributed by atoms with Crippen LogP contribution in [0.15, 0.2) is 36.4 Å². The fraction of sp³-hybridized carbons (Fsp3) is 0.375. The van der Waals surface area contributed by atoms with E-state index in [1.807, 2.05) is 0 Å². The van der Waals surface area contributed by atoms with Gasteiger partial charge in [0.2, 0.25) is 0 Å². The first-order chi connectivity index (χ1) is 8.36. The molecule has 1 aliphatic heterocycles. The Balaban J connectivity index is 0.000000313. The summed E-state index contributed by atoms with van der Waals surface area (Å²) in [6.07, 6.45) is 2.26. The normalized spacial score (nSPS) is 13.1. The Morgan fingerprint density at radius 2 is 1.65 bits per heavy atom. The van der Waals surface area contributed by atoms with E-state index in [9.17, 15) is 0 Å². The van der Waals surface area contributed by atoms with Crippen LogP contribution in [0, 0.1) is 0 Å². The fourth-order valence-corrected chi connectivity index (χ4v) is 2.13. The van der Waals surface area contributed by atoms with Crippen molar-refractivity contribution in [2.24, 2.45) is 0 Å². The molecule has 1 heterocycles. The molecule has 0 aromatic heterocycles. The molecule has 0 aliphatic carbocycles. The number of hydrogen-bond acceptors (Lipinski definition) is 1. The highest BCUT2D eigenvalue weighted by Crippen LogP contribution is 2.23. The molecular formula is C16H21N. The van der Waals surface area contributed by atoms with Crippen LogP contribution in [0.25, 0.3) is 10.8 Å². The largest absolute Gasteiger partial charge is 0.314 e. The summed E-state index contributed by atoms with van der Waals surface area (Å²) in [4.78, 5) is 0. The molecule has 1 nitrogen and oxygen atoms in total. The van der Waals surface area contributed by atoms with Gasteiger partial charge in [-0.25, -0.2) is 0 Å². The molecule has 0 atom stereocenters. The third kappa shape index (κ3) is 3.07. The van der Waals surface area contributed by atoms with Gasteiger partial charge in [-0.3, -0.25) is 0 Å². The Morgan fingerprint density at radius 1 is 0.941 bits per heavy atom. The molecule has 1 N–H and O–H groups in total. The molecule has 1 fully saturated rings. The van der Waals surface area contributed by atoms with Crippen LogP contribution in [0.4, 0.5) is 0 Å². The molecule has 90 valence electrons. The molecule has 17 heavy (non-hydrogen) atoms. The number of rotatable bonds is 2. The van der Waals surface area contributed by atoms with Gasteiger partial charge in [-0.1, -0.05) is 50.2 Å². The zero-order valence-electron chi connectivity index (χ0n) is 10.8. The summed E-state index contributed by atoms with van der Waals surface area (Å²) in [7, 11) is 0. The summed E-state index contributed by atoms with van der Waals surface area (Å²) in [6, 6.07) is 13.1. The molecule has 0 radical (unpaired) electrons. The average Bonchev–Trinajstić information content (AvgIpc) is 3.25. The third-order valence-corrected chi connectivity index (χ3v) is 3.12. The third-order valence-electron chi connectivity index (χ3n) is 3.12. The SMILES string of the molecule is C1CN1.CCc1ccc2ccccc2c1CC. The van der Waals surface area contributed by atoms with Gasteiger partial charge in [0.25, 0.3) is 0 Å². The number of nitrogens with one attached hydrogen (secondary N) is 1. The summed E-state index contributed by atoms with van der Waals surface area (Å²) in [5.74, 6) is 0. The molecular weight excluding hydrogens is 206 g/mol. The molecule has 0 unspecified atom stereocenters. The Hall–Kier alpha value is -1.34. The first-order valence-corrected chi connectivity index (χ1v) is 6.57. The van der Waals surface area contributed by atoms with Crippen molar-refractivity contribution in [1.82, 2.24) is 5.32 Å². The van der Waals surface area contributed by atoms with E-state index in [-0.39, 0.29) is 0 Å². The highest BCUT2D eigenvalue weighted by molar-refractivity contribution is 5.86. The second-order valence-corrected chi connectivity index (χ2v) is 4.38. The van der Waals surface area contributed by atoms with Crippen molar-refractivity contribution in [3.63, 3.8) is 0 Å². The summed E-state index contributed by atoms with van der Waals surface area (Å²) >= 11 is 0. The second-order valence-electron chi connectivity index (χ2n) is 4.38. The maximum absolute atomic E-state index is 3.00. The Bertz CT molecular complexity index is 483. The topological polar surface area (TPSA) is 21.9 Å². The number of fused-ring (bicyclic) bond motifs is 1. The van der Waals surface area contributed by atoms with Gasteiger partial charge in [-0.05, 0) is 34.7 Å². The molecule has 0 amide bonds. The lowest BCUT2D eigenvalue weighted by molar-refractivity contribution is 1.05. The summed E-state index contributed by atoms with van der Waals surface area (Å²) in [5, 5.41) is 5.79. The molecule has 1 aliphatic rings. The molecule has 1 saturated heterocycles. The minimum absolute atomic E-state index is 1.13. The van der Waals surface area contributed by atoms with Crippen LogP contribution in [-0.2, 0) is 12.8 Å². The van der Waals surface area contributed by atoms with Crippen molar-refractivity contribution in [3.8, 4) is 0 Å². The second kappa shape index (κ2) is 5.83. The first kappa shape index (κ1) is 12.1. The van der Waals surface area contributed by atoms with Crippen molar-refractivity contribution in [1.29, 1.82) is 0 Å². The summed E-state index contributed by atoms with van der Waals surface area (Å²) < 4.78 is 0. The monoisotopic (exact) mass is 227 g/mol. The van der Waals surface area contributed by atoms with Crippen molar-refractivity contribution < 1.29 is 0 Å². The summed E-state index contributed by atoms with van der Waals surface area (Å²) in [5.41, 5.74) is 3.01. The Kier molecular flexibility index (Phi) is 4.16. The zero-order chi connectivity index (χ0) is 12.1. The van der Waals surface area contributed by atoms with Crippen LogP contribution in [-0.4, -0.2) is 13.1 Å². The number of hydrogen-bond donors (Lipinski definition) is 1. The lowest BCUT2D eigenvalue weighted by Gasteiger charge is -2.09. The smallest absolute Gasteiger partial charge is 0.00772 e. The van der Waals surface area contributed by atoms with E-state index >= 15 is 0 Å². The van der Waals surface area contributed by atoms with Gasteiger partial charge in [-0.15, -0.1) is 0 Å². The predicted octanol–water partition coefficient (Wildman–Crippen LogP) is 3.55. The van der Waals surface area contributed by atoms with Gasteiger partial charge in [0, 0.05) is 13.1 Å². The Morgan fingerprint density at radius 3 is 2.24 bits per heavy atom. The quantitative estimate of drug-likeness (QED) is 0.779. The molecule has 2 aromatic carbocycles. The molecule has 0 bridgehead atoms. The minimum Gasteiger partial charge on any atom is -0.314 e. The van der Waals surface area contributed by atoms with Gasteiger partial charge < -0.3 is 5.32 Å². The highest BCUT2D eigenvalue weighted by atomic mass is 15.0. The standard InChI is InChI=1S/C14H16.C2H5N/c1-3-11-9-10-12-7-5-6-8-14(12)13(11)4-2;1-2-3-1/h5-10H,3-4H2,1-2H3;3H,1-2H2. The maximum Gasteiger partial charge on any atom is 0.00772 e. The van der Waals surface area contributed by atoms with Crippen LogP contribution in [0.1, 0.15) is 25.0 Å². The van der Waals surface area contributed by atoms with Crippen molar-refractivity contribution >= 4 is 10.8 Å². The Labute approximate surface area is 104 Å². The van der Waals surface area contributed by atoms with Crippen LogP contribution >= 0.6 is 0 Å². The van der Waals surface area contributed by atoms with E-state index in [2.05, 4.69) is 55.6 Å². The van der Waals surface area contributed by atoms with Crippen LogP contribution in [0.5, 0.6) is 0 Å². The van der Waals surface area contributed by atoms with Gasteiger partial charge in [0.1, 0.15) is 0 Å². The van der Waals surface area contributed by atoms with Gasteiger partial charge in [0.15, 0.2) is 0 Å².